The third kappa shape index (κ3) is 5.03. The first-order chi connectivity index (χ1) is 5.93. The number of nitrogens with one attached hydrogen (secondary N) is 1. The van der Waals surface area contributed by atoms with Gasteiger partial charge in [0.15, 0.2) is 0 Å². The van der Waals surface area contributed by atoms with E-state index in [-0.39, 0.29) is 12.1 Å². The van der Waals surface area contributed by atoms with Crippen molar-refractivity contribution in [2.75, 3.05) is 26.7 Å². The molecule has 0 rings (SSSR count). The summed E-state index contributed by atoms with van der Waals surface area (Å²) in [6, 6.07) is 0. The first kappa shape index (κ1) is 12.6. The van der Waals surface area contributed by atoms with Gasteiger partial charge in [-0.1, -0.05) is 6.92 Å². The van der Waals surface area contributed by atoms with E-state index in [2.05, 4.69) is 5.32 Å². The highest BCUT2D eigenvalue weighted by molar-refractivity contribution is 7.58. The van der Waals surface area contributed by atoms with Gasteiger partial charge in [-0.2, -0.15) is 0 Å². The van der Waals surface area contributed by atoms with Gasteiger partial charge in [-0.3, -0.25) is 9.36 Å². The van der Waals surface area contributed by atoms with E-state index in [1.807, 2.05) is 0 Å². The lowest BCUT2D eigenvalue weighted by Crippen LogP contribution is -2.31. The first-order valence-electron chi connectivity index (χ1n) is 3.94. The van der Waals surface area contributed by atoms with Crippen LogP contribution >= 0.6 is 7.37 Å². The Hall–Kier alpha value is -0.380. The van der Waals surface area contributed by atoms with E-state index >= 15 is 0 Å². The molecule has 2 atom stereocenters. The monoisotopic (exact) mass is 209 g/mol. The fourth-order valence-electron chi connectivity index (χ4n) is 0.907. The first-order valence-corrected chi connectivity index (χ1v) is 6.19. The summed E-state index contributed by atoms with van der Waals surface area (Å²) >= 11 is 0. The number of amides is 1. The highest BCUT2D eigenvalue weighted by Crippen LogP contribution is 2.43. The second-order valence-corrected chi connectivity index (χ2v) is 5.74. The van der Waals surface area contributed by atoms with E-state index in [0.717, 1.165) is 0 Å². The number of aliphatic hydroxyl groups is 1. The largest absolute Gasteiger partial charge is 0.377 e. The lowest BCUT2D eigenvalue weighted by Gasteiger charge is -2.15. The Morgan fingerprint density at radius 1 is 1.69 bits per heavy atom. The van der Waals surface area contributed by atoms with Gasteiger partial charge in [-0.15, -0.1) is 0 Å². The van der Waals surface area contributed by atoms with Crippen LogP contribution in [0.5, 0.6) is 0 Å². The molecular formula is C7H16NO4P. The molecule has 0 aliphatic carbocycles. The van der Waals surface area contributed by atoms with Crippen molar-refractivity contribution in [3.63, 3.8) is 0 Å². The van der Waals surface area contributed by atoms with Crippen LogP contribution in [0, 0.1) is 5.92 Å². The summed E-state index contributed by atoms with van der Waals surface area (Å²) in [7, 11) is -1.29. The topological polar surface area (TPSA) is 75.6 Å². The summed E-state index contributed by atoms with van der Waals surface area (Å²) in [5.41, 5.74) is 0. The number of hydrogen-bond acceptors (Lipinski definition) is 4. The van der Waals surface area contributed by atoms with Gasteiger partial charge in [0.25, 0.3) is 0 Å². The number of carbonyl (C=O) groups excluding carboxylic acids is 1. The standard InChI is InChI=1S/C7H16NO4P/c1-6(7(10)8-5-9)4-13(3,11)12-2/h6,9H,4-5H2,1-3H3,(H,8,10). The Morgan fingerprint density at radius 3 is 2.62 bits per heavy atom. The average molecular weight is 209 g/mol. The molecule has 78 valence electrons. The predicted molar refractivity (Wildman–Crippen MR) is 49.8 cm³/mol. The third-order valence-electron chi connectivity index (χ3n) is 1.69. The van der Waals surface area contributed by atoms with E-state index in [1.54, 1.807) is 6.92 Å². The maximum atomic E-state index is 11.4. The Kier molecular flexibility index (Phi) is 5.21. The maximum absolute atomic E-state index is 11.4. The molecule has 0 aromatic rings. The van der Waals surface area contributed by atoms with Gasteiger partial charge in [-0.25, -0.2) is 0 Å². The minimum Gasteiger partial charge on any atom is -0.377 e. The number of aliphatic hydroxyl groups excluding tert-OH is 1. The van der Waals surface area contributed by atoms with Crippen molar-refractivity contribution in [2.45, 2.75) is 6.92 Å². The van der Waals surface area contributed by atoms with Crippen molar-refractivity contribution < 1.29 is 19.0 Å². The molecule has 0 heterocycles. The molecule has 0 saturated carbocycles. The van der Waals surface area contributed by atoms with E-state index in [9.17, 15) is 9.36 Å². The molecule has 0 fully saturated rings. The van der Waals surface area contributed by atoms with Gasteiger partial charge in [0.1, 0.15) is 6.73 Å². The molecule has 0 aliphatic rings. The second kappa shape index (κ2) is 5.37. The lowest BCUT2D eigenvalue weighted by atomic mass is 10.2. The Bertz CT molecular complexity index is 219. The van der Waals surface area contributed by atoms with Crippen molar-refractivity contribution in [1.29, 1.82) is 0 Å². The van der Waals surface area contributed by atoms with Crippen molar-refractivity contribution in [3.8, 4) is 0 Å². The summed E-state index contributed by atoms with van der Waals surface area (Å²) in [5.74, 6) is -0.732. The smallest absolute Gasteiger partial charge is 0.225 e. The molecule has 6 heteroatoms. The van der Waals surface area contributed by atoms with E-state index in [4.69, 9.17) is 9.63 Å². The van der Waals surface area contributed by atoms with Crippen LogP contribution in [0.4, 0.5) is 0 Å². The molecule has 5 nitrogen and oxygen atoms in total. The zero-order valence-corrected chi connectivity index (χ0v) is 9.01. The number of rotatable bonds is 5. The van der Waals surface area contributed by atoms with Gasteiger partial charge in [-0.05, 0) is 0 Å². The van der Waals surface area contributed by atoms with E-state index in [0.29, 0.717) is 0 Å². The van der Waals surface area contributed by atoms with E-state index in [1.165, 1.54) is 13.8 Å². The fraction of sp³-hybridized carbons (Fsp3) is 0.857. The third-order valence-corrected chi connectivity index (χ3v) is 3.68. The zero-order valence-electron chi connectivity index (χ0n) is 8.11. The summed E-state index contributed by atoms with van der Waals surface area (Å²) in [6.45, 7) is 2.72. The van der Waals surface area contributed by atoms with Crippen LogP contribution in [-0.2, 0) is 13.9 Å². The normalized spacial score (nSPS) is 17.5. The Morgan fingerprint density at radius 2 is 2.23 bits per heavy atom. The highest BCUT2D eigenvalue weighted by Gasteiger charge is 2.22. The molecule has 0 aromatic carbocycles. The molecule has 2 unspecified atom stereocenters. The van der Waals surface area contributed by atoms with Crippen LogP contribution < -0.4 is 5.32 Å². The van der Waals surface area contributed by atoms with E-state index < -0.39 is 20.0 Å². The molecule has 2 N–H and O–H groups in total. The Balaban J connectivity index is 4.07. The van der Waals surface area contributed by atoms with Gasteiger partial charge < -0.3 is 14.9 Å². The molecule has 13 heavy (non-hydrogen) atoms. The quantitative estimate of drug-likeness (QED) is 0.502. The zero-order chi connectivity index (χ0) is 10.5. The molecule has 0 aliphatic heterocycles. The summed E-state index contributed by atoms with van der Waals surface area (Å²) in [5, 5.41) is 10.6. The van der Waals surface area contributed by atoms with Crippen LogP contribution in [-0.4, -0.2) is 37.7 Å². The summed E-state index contributed by atoms with van der Waals surface area (Å²) in [4.78, 5) is 11.1. The molecular weight excluding hydrogens is 193 g/mol. The van der Waals surface area contributed by atoms with Gasteiger partial charge in [0.05, 0.1) is 0 Å². The number of hydrogen-bond donors (Lipinski definition) is 2. The van der Waals surface area contributed by atoms with Crippen LogP contribution in [0.15, 0.2) is 0 Å². The van der Waals surface area contributed by atoms with Crippen LogP contribution in [0.3, 0.4) is 0 Å². The van der Waals surface area contributed by atoms with Crippen LogP contribution in [0.2, 0.25) is 0 Å². The minimum absolute atomic E-state index is 0.190. The predicted octanol–water partition coefficient (Wildman–Crippen LogP) is 0.243. The summed E-state index contributed by atoms with van der Waals surface area (Å²) < 4.78 is 16.2. The van der Waals surface area contributed by atoms with Crippen molar-refractivity contribution in [3.05, 3.63) is 0 Å². The SMILES string of the molecule is COP(C)(=O)CC(C)C(=O)NCO. The minimum atomic E-state index is -2.65. The Labute approximate surface area is 77.9 Å². The van der Waals surface area contributed by atoms with Crippen molar-refractivity contribution in [1.82, 2.24) is 5.32 Å². The fourth-order valence-corrected chi connectivity index (χ4v) is 2.22. The van der Waals surface area contributed by atoms with Gasteiger partial charge >= 0.3 is 0 Å². The lowest BCUT2D eigenvalue weighted by molar-refractivity contribution is -0.125. The van der Waals surface area contributed by atoms with Gasteiger partial charge in [0, 0.05) is 25.9 Å². The molecule has 0 bridgehead atoms. The molecule has 0 aromatic heterocycles. The summed E-state index contributed by atoms with van der Waals surface area (Å²) in [6.07, 6.45) is 0.190. The number of carbonyl (C=O) groups is 1. The maximum Gasteiger partial charge on any atom is 0.225 e. The second-order valence-electron chi connectivity index (χ2n) is 2.98. The molecule has 0 spiro atoms. The molecule has 1 amide bonds. The van der Waals surface area contributed by atoms with Gasteiger partial charge in [0.2, 0.25) is 13.3 Å². The van der Waals surface area contributed by atoms with Crippen molar-refractivity contribution in [2.24, 2.45) is 5.92 Å². The van der Waals surface area contributed by atoms with Crippen molar-refractivity contribution >= 4 is 13.3 Å². The average Bonchev–Trinajstić information content (AvgIpc) is 2.04. The molecule has 0 radical (unpaired) electrons. The highest BCUT2D eigenvalue weighted by atomic mass is 31.2. The van der Waals surface area contributed by atoms with Crippen LogP contribution in [0.25, 0.3) is 0 Å². The van der Waals surface area contributed by atoms with Crippen LogP contribution in [0.1, 0.15) is 6.92 Å². The molecule has 0 saturated heterocycles.